The Kier molecular flexibility index (Phi) is 6.45. The molecule has 1 N–H and O–H groups in total. The standard InChI is InChI=1S/C18H21ClN2O3S/c1-14(18(22)20-12-11-15-7-4-3-5-8-15)21(25(2,23)24)17-10-6-9-16(19)13-17/h3-10,13-14H,11-12H2,1-2H3,(H,20,22)/t14-/m1/s1. The number of hydrogen-bond acceptors (Lipinski definition) is 3. The first-order chi connectivity index (χ1) is 11.8. The highest BCUT2D eigenvalue weighted by atomic mass is 35.5. The second-order valence-electron chi connectivity index (χ2n) is 5.74. The van der Waals surface area contributed by atoms with Gasteiger partial charge in [-0.05, 0) is 37.1 Å². The summed E-state index contributed by atoms with van der Waals surface area (Å²) >= 11 is 5.95. The van der Waals surface area contributed by atoms with E-state index in [1.54, 1.807) is 25.1 Å². The Bertz CT molecular complexity index is 825. The van der Waals surface area contributed by atoms with Gasteiger partial charge in [0.25, 0.3) is 0 Å². The Morgan fingerprint density at radius 1 is 1.16 bits per heavy atom. The van der Waals surface area contributed by atoms with Gasteiger partial charge in [-0.1, -0.05) is 48.0 Å². The maximum absolute atomic E-state index is 12.4. The molecule has 0 aliphatic rings. The normalized spacial score (nSPS) is 12.4. The van der Waals surface area contributed by atoms with Crippen LogP contribution < -0.4 is 9.62 Å². The van der Waals surface area contributed by atoms with Gasteiger partial charge in [-0.25, -0.2) is 8.42 Å². The summed E-state index contributed by atoms with van der Waals surface area (Å²) in [6.45, 7) is 1.99. The van der Waals surface area contributed by atoms with E-state index < -0.39 is 16.1 Å². The highest BCUT2D eigenvalue weighted by molar-refractivity contribution is 7.92. The fourth-order valence-electron chi connectivity index (χ4n) is 2.54. The van der Waals surface area contributed by atoms with Gasteiger partial charge in [0.1, 0.15) is 6.04 Å². The van der Waals surface area contributed by atoms with Gasteiger partial charge in [-0.3, -0.25) is 9.10 Å². The van der Waals surface area contributed by atoms with Crippen LogP contribution in [0.5, 0.6) is 0 Å². The SMILES string of the molecule is C[C@H](C(=O)NCCc1ccccc1)N(c1cccc(Cl)c1)S(C)(=O)=O. The van der Waals surface area contributed by atoms with Gasteiger partial charge in [0, 0.05) is 11.6 Å². The second kappa shape index (κ2) is 8.36. The first-order valence-corrected chi connectivity index (χ1v) is 10.1. The van der Waals surface area contributed by atoms with Crippen molar-refractivity contribution in [1.82, 2.24) is 5.32 Å². The van der Waals surface area contributed by atoms with Crippen molar-refractivity contribution in [2.24, 2.45) is 0 Å². The molecule has 0 aliphatic heterocycles. The monoisotopic (exact) mass is 380 g/mol. The van der Waals surface area contributed by atoms with E-state index in [-0.39, 0.29) is 5.91 Å². The lowest BCUT2D eigenvalue weighted by molar-refractivity contribution is -0.121. The van der Waals surface area contributed by atoms with Gasteiger partial charge in [-0.15, -0.1) is 0 Å². The number of benzene rings is 2. The van der Waals surface area contributed by atoms with Gasteiger partial charge in [0.05, 0.1) is 11.9 Å². The highest BCUT2D eigenvalue weighted by Crippen LogP contribution is 2.24. The predicted molar refractivity (Wildman–Crippen MR) is 101 cm³/mol. The second-order valence-corrected chi connectivity index (χ2v) is 8.04. The molecule has 134 valence electrons. The molecule has 2 aromatic rings. The molecule has 0 radical (unpaired) electrons. The third-order valence-electron chi connectivity index (χ3n) is 3.71. The van der Waals surface area contributed by atoms with Crippen LogP contribution in [0, 0.1) is 0 Å². The van der Waals surface area contributed by atoms with Crippen LogP contribution in [-0.4, -0.2) is 33.2 Å². The number of amides is 1. The maximum atomic E-state index is 12.4. The number of carbonyl (C=O) groups excluding carboxylic acids is 1. The summed E-state index contributed by atoms with van der Waals surface area (Å²) in [5.74, 6) is -0.360. The van der Waals surface area contributed by atoms with Crippen LogP contribution in [0.15, 0.2) is 54.6 Å². The lowest BCUT2D eigenvalue weighted by Crippen LogP contribution is -2.48. The Morgan fingerprint density at radius 2 is 1.84 bits per heavy atom. The molecule has 0 bridgehead atoms. The number of rotatable bonds is 7. The quantitative estimate of drug-likeness (QED) is 0.803. The zero-order valence-corrected chi connectivity index (χ0v) is 15.7. The summed E-state index contributed by atoms with van der Waals surface area (Å²) in [6.07, 6.45) is 1.75. The first kappa shape index (κ1) is 19.3. The molecule has 25 heavy (non-hydrogen) atoms. The molecule has 2 aromatic carbocycles. The minimum Gasteiger partial charge on any atom is -0.354 e. The zero-order chi connectivity index (χ0) is 18.4. The van der Waals surface area contributed by atoms with Crippen molar-refractivity contribution in [2.45, 2.75) is 19.4 Å². The van der Waals surface area contributed by atoms with Gasteiger partial charge < -0.3 is 5.32 Å². The fraction of sp³-hybridized carbons (Fsp3) is 0.278. The van der Waals surface area contributed by atoms with E-state index in [1.165, 1.54) is 6.07 Å². The number of nitrogens with one attached hydrogen (secondary N) is 1. The summed E-state index contributed by atoms with van der Waals surface area (Å²) in [4.78, 5) is 12.4. The number of anilines is 1. The van der Waals surface area contributed by atoms with Crippen molar-refractivity contribution in [1.29, 1.82) is 0 Å². The summed E-state index contributed by atoms with van der Waals surface area (Å²) in [5, 5.41) is 3.20. The first-order valence-electron chi connectivity index (χ1n) is 7.85. The van der Waals surface area contributed by atoms with E-state index in [0.717, 1.165) is 16.1 Å². The molecule has 0 unspecified atom stereocenters. The van der Waals surface area contributed by atoms with Crippen LogP contribution >= 0.6 is 11.6 Å². The largest absolute Gasteiger partial charge is 0.354 e. The van der Waals surface area contributed by atoms with Crippen molar-refractivity contribution in [3.63, 3.8) is 0 Å². The molecule has 0 aliphatic carbocycles. The predicted octanol–water partition coefficient (Wildman–Crippen LogP) is 2.85. The smallest absolute Gasteiger partial charge is 0.243 e. The number of hydrogen-bond donors (Lipinski definition) is 1. The van der Waals surface area contributed by atoms with Gasteiger partial charge >= 0.3 is 0 Å². The molecule has 0 spiro atoms. The Labute approximate surface area is 153 Å². The summed E-state index contributed by atoms with van der Waals surface area (Å²) in [5.41, 5.74) is 1.46. The summed E-state index contributed by atoms with van der Waals surface area (Å²) in [7, 11) is -3.64. The molecule has 7 heteroatoms. The van der Waals surface area contributed by atoms with E-state index in [4.69, 9.17) is 11.6 Å². The van der Waals surface area contributed by atoms with E-state index in [9.17, 15) is 13.2 Å². The third-order valence-corrected chi connectivity index (χ3v) is 5.18. The van der Waals surface area contributed by atoms with Gasteiger partial charge in [0.15, 0.2) is 0 Å². The van der Waals surface area contributed by atoms with Crippen LogP contribution in [0.2, 0.25) is 5.02 Å². The van der Waals surface area contributed by atoms with Crippen molar-refractivity contribution in [3.8, 4) is 0 Å². The molecule has 1 amide bonds. The molecular formula is C18H21ClN2O3S. The molecule has 5 nitrogen and oxygen atoms in total. The van der Waals surface area contributed by atoms with E-state index >= 15 is 0 Å². The number of sulfonamides is 1. The average Bonchev–Trinajstić information content (AvgIpc) is 2.54. The minimum atomic E-state index is -3.64. The summed E-state index contributed by atoms with van der Waals surface area (Å²) < 4.78 is 25.5. The van der Waals surface area contributed by atoms with Crippen LogP contribution in [0.4, 0.5) is 5.69 Å². The average molecular weight is 381 g/mol. The zero-order valence-electron chi connectivity index (χ0n) is 14.1. The molecule has 0 saturated heterocycles. The number of halogens is 1. The van der Waals surface area contributed by atoms with Crippen LogP contribution in [0.25, 0.3) is 0 Å². The van der Waals surface area contributed by atoms with E-state index in [0.29, 0.717) is 23.7 Å². The van der Waals surface area contributed by atoms with Crippen molar-refractivity contribution in [3.05, 3.63) is 65.2 Å². The van der Waals surface area contributed by atoms with E-state index in [2.05, 4.69) is 5.32 Å². The van der Waals surface area contributed by atoms with E-state index in [1.807, 2.05) is 30.3 Å². The topological polar surface area (TPSA) is 66.5 Å². The van der Waals surface area contributed by atoms with Crippen LogP contribution in [0.1, 0.15) is 12.5 Å². The van der Waals surface area contributed by atoms with Crippen molar-refractivity contribution in [2.75, 3.05) is 17.1 Å². The Balaban J connectivity index is 2.08. The van der Waals surface area contributed by atoms with Crippen LogP contribution in [-0.2, 0) is 21.2 Å². The fourth-order valence-corrected chi connectivity index (χ4v) is 3.90. The van der Waals surface area contributed by atoms with Crippen molar-refractivity contribution < 1.29 is 13.2 Å². The third kappa shape index (κ3) is 5.47. The lowest BCUT2D eigenvalue weighted by Gasteiger charge is -2.28. The number of carbonyl (C=O) groups is 1. The molecule has 0 heterocycles. The van der Waals surface area contributed by atoms with Crippen LogP contribution in [0.3, 0.4) is 0 Å². The van der Waals surface area contributed by atoms with Crippen molar-refractivity contribution >= 4 is 33.2 Å². The lowest BCUT2D eigenvalue weighted by atomic mass is 10.1. The molecule has 0 fully saturated rings. The summed E-state index contributed by atoms with van der Waals surface area (Å²) in [6, 6.07) is 15.3. The molecule has 2 rings (SSSR count). The Morgan fingerprint density at radius 3 is 2.44 bits per heavy atom. The molecule has 1 atom stereocenters. The maximum Gasteiger partial charge on any atom is 0.243 e. The number of nitrogens with zero attached hydrogens (tertiary/aromatic N) is 1. The van der Waals surface area contributed by atoms with Gasteiger partial charge in [0.2, 0.25) is 15.9 Å². The molecular weight excluding hydrogens is 360 g/mol. The minimum absolute atomic E-state index is 0.360. The highest BCUT2D eigenvalue weighted by Gasteiger charge is 2.28. The molecule has 0 saturated carbocycles. The molecule has 0 aromatic heterocycles. The van der Waals surface area contributed by atoms with Gasteiger partial charge in [-0.2, -0.15) is 0 Å². The Hall–Kier alpha value is -2.05.